The van der Waals surface area contributed by atoms with Gasteiger partial charge in [0.2, 0.25) is 10.9 Å². The Balaban J connectivity index is 1.74. The summed E-state index contributed by atoms with van der Waals surface area (Å²) in [5.74, 6) is 0.601. The standard InChI is InChI=1S/C25H22ClN3O5S/c1-4-10-33-17-8-6-13(11-18(17)32-3)21-20-22(30)15-12-14(26)7-9-16(15)34-23(20)24(31)29(21)25-28-27-19(5-2)35-25/h6-9,11-12,21H,4-5,10H2,1-3H3. The fraction of sp³-hybridized carbons (Fsp3) is 0.280. The Kier molecular flexibility index (Phi) is 6.21. The van der Waals surface area contributed by atoms with Crippen molar-refractivity contribution in [2.75, 3.05) is 18.6 Å². The molecule has 0 radical (unpaired) electrons. The van der Waals surface area contributed by atoms with Gasteiger partial charge in [-0.15, -0.1) is 10.2 Å². The minimum atomic E-state index is -0.788. The van der Waals surface area contributed by atoms with Crippen molar-refractivity contribution >= 4 is 44.9 Å². The van der Waals surface area contributed by atoms with Crippen molar-refractivity contribution in [3.8, 4) is 11.5 Å². The number of methoxy groups -OCH3 is 1. The van der Waals surface area contributed by atoms with Gasteiger partial charge in [0.15, 0.2) is 16.9 Å². The van der Waals surface area contributed by atoms with E-state index in [0.29, 0.717) is 51.2 Å². The lowest BCUT2D eigenvalue weighted by Crippen LogP contribution is -2.29. The van der Waals surface area contributed by atoms with Gasteiger partial charge >= 0.3 is 0 Å². The Morgan fingerprint density at radius 3 is 2.66 bits per heavy atom. The van der Waals surface area contributed by atoms with E-state index in [9.17, 15) is 9.59 Å². The summed E-state index contributed by atoms with van der Waals surface area (Å²) in [6, 6.07) is 9.34. The molecule has 1 aliphatic heterocycles. The summed E-state index contributed by atoms with van der Waals surface area (Å²) in [7, 11) is 1.55. The minimum absolute atomic E-state index is 0.0200. The molecule has 10 heteroatoms. The fourth-order valence-electron chi connectivity index (χ4n) is 4.13. The van der Waals surface area contributed by atoms with E-state index in [1.165, 1.54) is 16.2 Å². The first kappa shape index (κ1) is 23.3. The molecule has 0 fully saturated rings. The van der Waals surface area contributed by atoms with Crippen LogP contribution in [0.4, 0.5) is 5.13 Å². The summed E-state index contributed by atoms with van der Waals surface area (Å²) in [5.41, 5.74) is 0.844. The summed E-state index contributed by atoms with van der Waals surface area (Å²) in [4.78, 5) is 28.8. The molecule has 1 unspecified atom stereocenters. The number of benzene rings is 2. The van der Waals surface area contributed by atoms with Crippen LogP contribution in [0.15, 0.2) is 45.6 Å². The average Bonchev–Trinajstić information content (AvgIpc) is 3.45. The number of aryl methyl sites for hydroxylation is 1. The third-order valence-corrected chi connectivity index (χ3v) is 7.06. The molecule has 35 heavy (non-hydrogen) atoms. The predicted octanol–water partition coefficient (Wildman–Crippen LogP) is 5.41. The summed E-state index contributed by atoms with van der Waals surface area (Å²) in [5, 5.41) is 10.3. The van der Waals surface area contributed by atoms with Crippen molar-refractivity contribution in [3.63, 3.8) is 0 Å². The maximum atomic E-state index is 13.7. The van der Waals surface area contributed by atoms with Crippen molar-refractivity contribution in [1.82, 2.24) is 10.2 Å². The van der Waals surface area contributed by atoms with Gasteiger partial charge in [-0.3, -0.25) is 14.5 Å². The largest absolute Gasteiger partial charge is 0.493 e. The van der Waals surface area contributed by atoms with Gasteiger partial charge in [-0.1, -0.05) is 42.9 Å². The normalized spacial score (nSPS) is 15.0. The smallest absolute Gasteiger partial charge is 0.297 e. The van der Waals surface area contributed by atoms with Gasteiger partial charge in [0.1, 0.15) is 10.6 Å². The van der Waals surface area contributed by atoms with Gasteiger partial charge < -0.3 is 13.9 Å². The van der Waals surface area contributed by atoms with E-state index < -0.39 is 11.9 Å². The number of carbonyl (C=O) groups is 1. The predicted molar refractivity (Wildman–Crippen MR) is 134 cm³/mol. The van der Waals surface area contributed by atoms with Crippen molar-refractivity contribution in [2.45, 2.75) is 32.7 Å². The second-order valence-electron chi connectivity index (χ2n) is 7.98. The van der Waals surface area contributed by atoms with Crippen LogP contribution in [0, 0.1) is 0 Å². The lowest BCUT2D eigenvalue weighted by Gasteiger charge is -2.23. The molecule has 8 nitrogen and oxygen atoms in total. The SMILES string of the molecule is CCCOc1ccc(C2c3c(oc4ccc(Cl)cc4c3=O)C(=O)N2c2nnc(CC)s2)cc1OC. The van der Waals surface area contributed by atoms with Crippen LogP contribution >= 0.6 is 22.9 Å². The highest BCUT2D eigenvalue weighted by atomic mass is 35.5. The molecule has 2 aromatic heterocycles. The number of anilines is 1. The Morgan fingerprint density at radius 2 is 1.94 bits per heavy atom. The van der Waals surface area contributed by atoms with Crippen LogP contribution in [0.3, 0.4) is 0 Å². The molecule has 0 spiro atoms. The fourth-order valence-corrected chi connectivity index (χ4v) is 5.11. The third-order valence-electron chi connectivity index (χ3n) is 5.76. The quantitative estimate of drug-likeness (QED) is 0.327. The average molecular weight is 512 g/mol. The minimum Gasteiger partial charge on any atom is -0.493 e. The molecule has 4 aromatic rings. The van der Waals surface area contributed by atoms with Crippen LogP contribution in [0.2, 0.25) is 5.02 Å². The van der Waals surface area contributed by atoms with E-state index in [1.807, 2.05) is 19.9 Å². The summed E-state index contributed by atoms with van der Waals surface area (Å²) >= 11 is 7.46. The number of ether oxygens (including phenoxy) is 2. The van der Waals surface area contributed by atoms with E-state index in [-0.39, 0.29) is 16.8 Å². The number of rotatable bonds is 7. The van der Waals surface area contributed by atoms with E-state index in [4.69, 9.17) is 25.5 Å². The Hall–Kier alpha value is -3.43. The van der Waals surface area contributed by atoms with Crippen molar-refractivity contribution < 1.29 is 18.7 Å². The van der Waals surface area contributed by atoms with Gasteiger partial charge in [0.25, 0.3) is 5.91 Å². The molecule has 5 rings (SSSR count). The monoisotopic (exact) mass is 511 g/mol. The Labute approximate surface area is 210 Å². The van der Waals surface area contributed by atoms with Gasteiger partial charge in [0, 0.05) is 5.02 Å². The number of fused-ring (bicyclic) bond motifs is 2. The zero-order valence-electron chi connectivity index (χ0n) is 19.3. The maximum Gasteiger partial charge on any atom is 0.297 e. The lowest BCUT2D eigenvalue weighted by molar-refractivity contribution is 0.0970. The first-order valence-electron chi connectivity index (χ1n) is 11.2. The van der Waals surface area contributed by atoms with E-state index in [0.717, 1.165) is 11.4 Å². The molecule has 3 heterocycles. The Bertz CT molecular complexity index is 1500. The molecule has 2 aromatic carbocycles. The number of carbonyl (C=O) groups excluding carboxylic acids is 1. The molecule has 0 aliphatic carbocycles. The number of hydrogen-bond donors (Lipinski definition) is 0. The van der Waals surface area contributed by atoms with Gasteiger partial charge in [-0.05, 0) is 48.7 Å². The molecule has 0 N–H and O–H groups in total. The molecule has 1 atom stereocenters. The highest BCUT2D eigenvalue weighted by Gasteiger charge is 2.45. The number of halogens is 1. The zero-order chi connectivity index (χ0) is 24.7. The van der Waals surface area contributed by atoms with Crippen LogP contribution < -0.4 is 19.8 Å². The van der Waals surface area contributed by atoms with Crippen LogP contribution in [0.5, 0.6) is 11.5 Å². The van der Waals surface area contributed by atoms with E-state index in [2.05, 4.69) is 10.2 Å². The van der Waals surface area contributed by atoms with Gasteiger partial charge in [-0.25, -0.2) is 0 Å². The van der Waals surface area contributed by atoms with Gasteiger partial charge in [0.05, 0.1) is 30.7 Å². The van der Waals surface area contributed by atoms with E-state index in [1.54, 1.807) is 37.4 Å². The molecule has 1 amide bonds. The number of hydrogen-bond acceptors (Lipinski definition) is 8. The summed E-state index contributed by atoms with van der Waals surface area (Å²) < 4.78 is 17.3. The van der Waals surface area contributed by atoms with Crippen molar-refractivity contribution in [1.29, 1.82) is 0 Å². The third kappa shape index (κ3) is 3.94. The number of amides is 1. The second kappa shape index (κ2) is 9.31. The molecule has 1 aliphatic rings. The highest BCUT2D eigenvalue weighted by Crippen LogP contribution is 2.44. The second-order valence-corrected chi connectivity index (χ2v) is 9.46. The first-order valence-corrected chi connectivity index (χ1v) is 12.4. The number of nitrogens with zero attached hydrogens (tertiary/aromatic N) is 3. The van der Waals surface area contributed by atoms with E-state index >= 15 is 0 Å². The van der Waals surface area contributed by atoms with Crippen molar-refractivity contribution in [2.24, 2.45) is 0 Å². The highest BCUT2D eigenvalue weighted by molar-refractivity contribution is 7.15. The summed E-state index contributed by atoms with van der Waals surface area (Å²) in [6.07, 6.45) is 1.52. The molecule has 0 bridgehead atoms. The number of aromatic nitrogens is 2. The van der Waals surface area contributed by atoms with Crippen LogP contribution in [0.1, 0.15) is 53.0 Å². The van der Waals surface area contributed by atoms with Gasteiger partial charge in [-0.2, -0.15) is 0 Å². The van der Waals surface area contributed by atoms with Crippen LogP contribution in [0.25, 0.3) is 11.0 Å². The van der Waals surface area contributed by atoms with Crippen LogP contribution in [-0.2, 0) is 6.42 Å². The first-order chi connectivity index (χ1) is 17.0. The molecule has 0 saturated heterocycles. The molecule has 180 valence electrons. The van der Waals surface area contributed by atoms with Crippen molar-refractivity contribution in [3.05, 3.63) is 73.5 Å². The summed E-state index contributed by atoms with van der Waals surface area (Å²) in [6.45, 7) is 4.51. The molecular weight excluding hydrogens is 490 g/mol. The molecular formula is C25H22ClN3O5S. The van der Waals surface area contributed by atoms with Crippen LogP contribution in [-0.4, -0.2) is 29.8 Å². The Morgan fingerprint density at radius 1 is 1.11 bits per heavy atom. The maximum absolute atomic E-state index is 13.7. The lowest BCUT2D eigenvalue weighted by atomic mass is 9.98. The topological polar surface area (TPSA) is 94.8 Å². The molecule has 0 saturated carbocycles. The zero-order valence-corrected chi connectivity index (χ0v) is 20.9.